The van der Waals surface area contributed by atoms with Crippen molar-refractivity contribution < 1.29 is 9.59 Å². The maximum absolute atomic E-state index is 12.6. The van der Waals surface area contributed by atoms with Crippen molar-refractivity contribution in [1.82, 2.24) is 10.2 Å². The van der Waals surface area contributed by atoms with E-state index in [9.17, 15) is 9.59 Å². The summed E-state index contributed by atoms with van der Waals surface area (Å²) in [6, 6.07) is 5.64. The lowest BCUT2D eigenvalue weighted by Crippen LogP contribution is -2.49. The summed E-state index contributed by atoms with van der Waals surface area (Å²) in [4.78, 5) is 26.5. The van der Waals surface area contributed by atoms with Crippen molar-refractivity contribution in [3.63, 3.8) is 0 Å². The molecular weight excluding hydrogens is 264 g/mol. The number of carbonyl (C=O) groups excluding carboxylic acids is 2. The Bertz CT molecular complexity index is 661. The SMILES string of the molecule is C=C1CCC(N2Cc3c(cccc3C3CC3)C2=O)C(=O)N1. The van der Waals surface area contributed by atoms with E-state index in [2.05, 4.69) is 18.0 Å². The molecule has 21 heavy (non-hydrogen) atoms. The molecule has 2 aliphatic heterocycles. The Balaban J connectivity index is 1.65. The number of nitrogens with one attached hydrogen (secondary N) is 1. The number of fused-ring (bicyclic) bond motifs is 1. The molecule has 1 aromatic carbocycles. The normalized spacial score (nSPS) is 25.0. The van der Waals surface area contributed by atoms with E-state index < -0.39 is 0 Å². The van der Waals surface area contributed by atoms with Crippen molar-refractivity contribution in [2.75, 3.05) is 0 Å². The summed E-state index contributed by atoms with van der Waals surface area (Å²) in [5, 5.41) is 2.78. The van der Waals surface area contributed by atoms with E-state index in [0.29, 0.717) is 18.9 Å². The molecule has 2 heterocycles. The summed E-state index contributed by atoms with van der Waals surface area (Å²) >= 11 is 0. The van der Waals surface area contributed by atoms with Crippen molar-refractivity contribution in [3.8, 4) is 0 Å². The van der Waals surface area contributed by atoms with E-state index in [1.165, 1.54) is 18.4 Å². The van der Waals surface area contributed by atoms with Crippen LogP contribution in [0.15, 0.2) is 30.5 Å². The highest BCUT2D eigenvalue weighted by molar-refractivity contribution is 6.01. The number of hydrogen-bond donors (Lipinski definition) is 1. The zero-order chi connectivity index (χ0) is 14.6. The summed E-state index contributed by atoms with van der Waals surface area (Å²) in [5.41, 5.74) is 3.99. The topological polar surface area (TPSA) is 49.4 Å². The van der Waals surface area contributed by atoms with Crippen LogP contribution in [0.2, 0.25) is 0 Å². The Morgan fingerprint density at radius 1 is 1.19 bits per heavy atom. The number of allylic oxidation sites excluding steroid dienone is 1. The van der Waals surface area contributed by atoms with E-state index in [-0.39, 0.29) is 17.9 Å². The molecular formula is C17H18N2O2. The molecule has 108 valence electrons. The summed E-state index contributed by atoms with van der Waals surface area (Å²) in [5.74, 6) is 0.521. The van der Waals surface area contributed by atoms with Gasteiger partial charge in [-0.2, -0.15) is 0 Å². The maximum atomic E-state index is 12.6. The van der Waals surface area contributed by atoms with Crippen molar-refractivity contribution in [3.05, 3.63) is 47.2 Å². The number of benzene rings is 1. The number of piperidine rings is 1. The van der Waals surface area contributed by atoms with E-state index in [4.69, 9.17) is 0 Å². The third kappa shape index (κ3) is 1.97. The van der Waals surface area contributed by atoms with Gasteiger partial charge in [0.2, 0.25) is 5.91 Å². The number of rotatable bonds is 2. The predicted molar refractivity (Wildman–Crippen MR) is 78.6 cm³/mol. The zero-order valence-corrected chi connectivity index (χ0v) is 11.9. The monoisotopic (exact) mass is 282 g/mol. The molecule has 1 aliphatic carbocycles. The summed E-state index contributed by atoms with van der Waals surface area (Å²) < 4.78 is 0. The highest BCUT2D eigenvalue weighted by Crippen LogP contribution is 2.44. The molecule has 4 rings (SSSR count). The van der Waals surface area contributed by atoms with Crippen LogP contribution in [0.4, 0.5) is 0 Å². The number of hydrogen-bond acceptors (Lipinski definition) is 2. The van der Waals surface area contributed by atoms with Crippen LogP contribution in [0.1, 0.15) is 53.1 Å². The molecule has 1 unspecified atom stereocenters. The first-order valence-corrected chi connectivity index (χ1v) is 7.56. The minimum absolute atomic E-state index is 0.000150. The zero-order valence-electron chi connectivity index (χ0n) is 11.9. The third-order valence-electron chi connectivity index (χ3n) is 4.75. The van der Waals surface area contributed by atoms with Crippen molar-refractivity contribution in [2.24, 2.45) is 0 Å². The number of nitrogens with zero attached hydrogens (tertiary/aromatic N) is 1. The predicted octanol–water partition coefficient (Wildman–Crippen LogP) is 2.31. The van der Waals surface area contributed by atoms with Crippen LogP contribution in [0.3, 0.4) is 0 Å². The number of amides is 2. The second kappa shape index (κ2) is 4.45. The van der Waals surface area contributed by atoms with Crippen molar-refractivity contribution in [2.45, 2.75) is 44.2 Å². The molecule has 1 saturated heterocycles. The molecule has 0 aromatic heterocycles. The molecule has 0 bridgehead atoms. The lowest BCUT2D eigenvalue weighted by atomic mass is 10.00. The largest absolute Gasteiger partial charge is 0.329 e. The first-order chi connectivity index (χ1) is 10.1. The van der Waals surface area contributed by atoms with Crippen LogP contribution in [0.5, 0.6) is 0 Å². The van der Waals surface area contributed by atoms with Gasteiger partial charge in [0.05, 0.1) is 0 Å². The van der Waals surface area contributed by atoms with Gasteiger partial charge in [-0.3, -0.25) is 9.59 Å². The molecule has 3 aliphatic rings. The van der Waals surface area contributed by atoms with Crippen LogP contribution >= 0.6 is 0 Å². The fourth-order valence-electron chi connectivity index (χ4n) is 3.47. The smallest absolute Gasteiger partial charge is 0.255 e. The van der Waals surface area contributed by atoms with Gasteiger partial charge in [0, 0.05) is 17.8 Å². The van der Waals surface area contributed by atoms with Gasteiger partial charge in [-0.05, 0) is 48.8 Å². The second-order valence-electron chi connectivity index (χ2n) is 6.23. The van der Waals surface area contributed by atoms with Gasteiger partial charge in [-0.1, -0.05) is 18.7 Å². The average Bonchev–Trinajstić information content (AvgIpc) is 3.24. The minimum atomic E-state index is -0.359. The van der Waals surface area contributed by atoms with Gasteiger partial charge < -0.3 is 10.2 Å². The van der Waals surface area contributed by atoms with E-state index in [0.717, 1.165) is 23.2 Å². The third-order valence-corrected chi connectivity index (χ3v) is 4.75. The molecule has 0 radical (unpaired) electrons. The molecule has 1 atom stereocenters. The van der Waals surface area contributed by atoms with E-state index in [1.807, 2.05) is 12.1 Å². The van der Waals surface area contributed by atoms with E-state index in [1.54, 1.807) is 4.90 Å². The van der Waals surface area contributed by atoms with Crippen LogP contribution in [0, 0.1) is 0 Å². The van der Waals surface area contributed by atoms with E-state index >= 15 is 0 Å². The van der Waals surface area contributed by atoms with Crippen LogP contribution in [-0.4, -0.2) is 22.8 Å². The lowest BCUT2D eigenvalue weighted by Gasteiger charge is -2.31. The lowest BCUT2D eigenvalue weighted by molar-refractivity contribution is -0.126. The Hall–Kier alpha value is -2.10. The van der Waals surface area contributed by atoms with Gasteiger partial charge in [0.15, 0.2) is 0 Å². The van der Waals surface area contributed by atoms with Crippen LogP contribution in [0.25, 0.3) is 0 Å². The highest BCUT2D eigenvalue weighted by atomic mass is 16.2. The quantitative estimate of drug-likeness (QED) is 0.905. The van der Waals surface area contributed by atoms with Gasteiger partial charge in [0.1, 0.15) is 6.04 Å². The summed E-state index contributed by atoms with van der Waals surface area (Å²) in [7, 11) is 0. The Kier molecular flexibility index (Phi) is 2.67. The standard InChI is InChI=1S/C17H18N2O2/c1-10-5-8-15(16(20)18-10)19-9-14-12(11-6-7-11)3-2-4-13(14)17(19)21/h2-4,11,15H,1,5-9H2,(H,18,20). The Morgan fingerprint density at radius 2 is 2.00 bits per heavy atom. The minimum Gasteiger partial charge on any atom is -0.329 e. The molecule has 1 N–H and O–H groups in total. The second-order valence-corrected chi connectivity index (χ2v) is 6.23. The fraction of sp³-hybridized carbons (Fsp3) is 0.412. The Labute approximate surface area is 123 Å². The molecule has 4 nitrogen and oxygen atoms in total. The van der Waals surface area contributed by atoms with Gasteiger partial charge >= 0.3 is 0 Å². The molecule has 2 amide bonds. The molecule has 1 saturated carbocycles. The molecule has 0 spiro atoms. The summed E-state index contributed by atoms with van der Waals surface area (Å²) in [6.45, 7) is 4.37. The van der Waals surface area contributed by atoms with Crippen LogP contribution < -0.4 is 5.32 Å². The van der Waals surface area contributed by atoms with Crippen molar-refractivity contribution >= 4 is 11.8 Å². The number of carbonyl (C=O) groups is 2. The summed E-state index contributed by atoms with van der Waals surface area (Å²) in [6.07, 6.45) is 3.85. The molecule has 2 fully saturated rings. The average molecular weight is 282 g/mol. The van der Waals surface area contributed by atoms with Gasteiger partial charge in [0.25, 0.3) is 5.91 Å². The fourth-order valence-corrected chi connectivity index (χ4v) is 3.47. The maximum Gasteiger partial charge on any atom is 0.255 e. The van der Waals surface area contributed by atoms with Gasteiger partial charge in [-0.15, -0.1) is 0 Å². The van der Waals surface area contributed by atoms with Gasteiger partial charge in [-0.25, -0.2) is 0 Å². The molecule has 1 aromatic rings. The van der Waals surface area contributed by atoms with Crippen LogP contribution in [-0.2, 0) is 11.3 Å². The first-order valence-electron chi connectivity index (χ1n) is 7.56. The Morgan fingerprint density at radius 3 is 2.71 bits per heavy atom. The highest BCUT2D eigenvalue weighted by Gasteiger charge is 2.40. The molecule has 4 heteroatoms. The first kappa shape index (κ1) is 12.6. The van der Waals surface area contributed by atoms with Crippen molar-refractivity contribution in [1.29, 1.82) is 0 Å².